The fourth-order valence-corrected chi connectivity index (χ4v) is 5.62. The predicted octanol–water partition coefficient (Wildman–Crippen LogP) is 7.06. The Kier molecular flexibility index (Phi) is 5.66. The molecule has 0 saturated heterocycles. The Bertz CT molecular complexity index is 1390. The van der Waals surface area contributed by atoms with Crippen molar-refractivity contribution in [3.63, 3.8) is 0 Å². The molecule has 0 atom stereocenters. The van der Waals surface area contributed by atoms with E-state index in [1.165, 1.54) is 7.11 Å². The second-order valence-electron chi connectivity index (χ2n) is 8.08. The molecule has 0 amide bonds. The lowest BCUT2D eigenvalue weighted by atomic mass is 9.67. The molecule has 168 valence electrons. The predicted molar refractivity (Wildman–Crippen MR) is 137 cm³/mol. The smallest absolute Gasteiger partial charge is 0.337 e. The van der Waals surface area contributed by atoms with E-state index in [0.29, 0.717) is 5.56 Å². The van der Waals surface area contributed by atoms with Crippen LogP contribution in [0.2, 0.25) is 0 Å². The van der Waals surface area contributed by atoms with E-state index in [9.17, 15) is 14.7 Å². The molecule has 0 aromatic heterocycles. The van der Waals surface area contributed by atoms with Gasteiger partial charge in [0.15, 0.2) is 0 Å². The Labute approximate surface area is 213 Å². The summed E-state index contributed by atoms with van der Waals surface area (Å²) in [6.07, 6.45) is 0. The molecule has 4 aromatic rings. The molecule has 34 heavy (non-hydrogen) atoms. The van der Waals surface area contributed by atoms with Crippen LogP contribution < -0.4 is 0 Å². The molecule has 6 heteroatoms. The normalized spacial score (nSPS) is 13.1. The first-order valence-corrected chi connectivity index (χ1v) is 12.1. The summed E-state index contributed by atoms with van der Waals surface area (Å²) in [4.78, 5) is 23.6. The summed E-state index contributed by atoms with van der Waals surface area (Å²) >= 11 is 7.29. The third-order valence-electron chi connectivity index (χ3n) is 6.37. The number of carboxylic acids is 1. The molecular weight excluding hydrogens is 560 g/mol. The van der Waals surface area contributed by atoms with Crippen LogP contribution in [0.3, 0.4) is 0 Å². The lowest BCUT2D eigenvalue weighted by Gasteiger charge is -2.34. The molecular formula is C28H18Br2O4. The second-order valence-corrected chi connectivity index (χ2v) is 9.91. The van der Waals surface area contributed by atoms with E-state index in [1.807, 2.05) is 36.4 Å². The van der Waals surface area contributed by atoms with Gasteiger partial charge in [0.1, 0.15) is 0 Å². The van der Waals surface area contributed by atoms with Gasteiger partial charge >= 0.3 is 11.9 Å². The van der Waals surface area contributed by atoms with E-state index in [0.717, 1.165) is 42.3 Å². The number of halogens is 2. The summed E-state index contributed by atoms with van der Waals surface area (Å²) in [6, 6.07) is 26.9. The Balaban J connectivity index is 1.88. The van der Waals surface area contributed by atoms with Gasteiger partial charge in [-0.05, 0) is 81.9 Å². The monoisotopic (exact) mass is 576 g/mol. The minimum Gasteiger partial charge on any atom is -0.478 e. The number of esters is 1. The van der Waals surface area contributed by atoms with Gasteiger partial charge in [-0.25, -0.2) is 9.59 Å². The Hall–Kier alpha value is -3.22. The highest BCUT2D eigenvalue weighted by Gasteiger charge is 2.46. The van der Waals surface area contributed by atoms with Crippen LogP contribution in [-0.2, 0) is 10.2 Å². The first-order valence-electron chi connectivity index (χ1n) is 10.5. The average Bonchev–Trinajstić information content (AvgIpc) is 3.13. The Morgan fingerprint density at radius 2 is 1.15 bits per heavy atom. The van der Waals surface area contributed by atoms with E-state index in [1.54, 1.807) is 24.3 Å². The number of hydrogen-bond acceptors (Lipinski definition) is 3. The van der Waals surface area contributed by atoms with Crippen molar-refractivity contribution in [1.82, 2.24) is 0 Å². The maximum atomic E-state index is 12.1. The number of carbonyl (C=O) groups excluding carboxylic acids is 1. The van der Waals surface area contributed by atoms with Gasteiger partial charge < -0.3 is 9.84 Å². The zero-order valence-electron chi connectivity index (χ0n) is 18.0. The molecule has 0 heterocycles. The van der Waals surface area contributed by atoms with Gasteiger partial charge in [0, 0.05) is 8.95 Å². The van der Waals surface area contributed by atoms with E-state index in [2.05, 4.69) is 56.1 Å². The molecule has 0 radical (unpaired) electrons. The Morgan fingerprint density at radius 1 is 0.706 bits per heavy atom. The van der Waals surface area contributed by atoms with Crippen molar-refractivity contribution >= 4 is 43.8 Å². The summed E-state index contributed by atoms with van der Waals surface area (Å²) in [5, 5.41) is 9.46. The van der Waals surface area contributed by atoms with Crippen molar-refractivity contribution in [2.45, 2.75) is 5.41 Å². The number of benzene rings is 4. The number of aromatic carboxylic acids is 1. The standard InChI is InChI=1S/C28H18Br2O4/c1-34-27(33)17-4-8-19(9-5-17)28(18-6-2-16(3-7-18)26(31)32)24-14-20(29)10-12-22(24)23-13-11-21(30)15-25(23)28/h2-15H,1H3,(H,31,32). The van der Waals surface area contributed by atoms with E-state index < -0.39 is 17.4 Å². The minimum atomic E-state index is -0.972. The molecule has 1 aliphatic carbocycles. The third kappa shape index (κ3) is 3.40. The summed E-state index contributed by atoms with van der Waals surface area (Å²) < 4.78 is 6.77. The van der Waals surface area contributed by atoms with Crippen LogP contribution in [0.1, 0.15) is 43.0 Å². The fraction of sp³-hybridized carbons (Fsp3) is 0.0714. The number of ether oxygens (including phenoxy) is 1. The molecule has 4 nitrogen and oxygen atoms in total. The van der Waals surface area contributed by atoms with Crippen LogP contribution in [0.15, 0.2) is 93.9 Å². The number of carbonyl (C=O) groups is 2. The largest absolute Gasteiger partial charge is 0.478 e. The topological polar surface area (TPSA) is 63.6 Å². The molecule has 0 spiro atoms. The highest BCUT2D eigenvalue weighted by molar-refractivity contribution is 9.10. The summed E-state index contributed by atoms with van der Waals surface area (Å²) in [7, 11) is 1.36. The third-order valence-corrected chi connectivity index (χ3v) is 7.35. The lowest BCUT2D eigenvalue weighted by molar-refractivity contribution is 0.0599. The molecule has 0 aliphatic heterocycles. The van der Waals surface area contributed by atoms with Gasteiger partial charge in [0.05, 0.1) is 23.7 Å². The summed E-state index contributed by atoms with van der Waals surface area (Å²) in [5.74, 6) is -1.37. The molecule has 0 unspecified atom stereocenters. The number of hydrogen-bond donors (Lipinski definition) is 1. The molecule has 0 fully saturated rings. The van der Waals surface area contributed by atoms with Crippen LogP contribution in [0.5, 0.6) is 0 Å². The SMILES string of the molecule is COC(=O)c1ccc(C2(c3ccc(C(=O)O)cc3)c3cc(Br)ccc3-c3ccc(Br)cc32)cc1. The maximum absolute atomic E-state index is 12.1. The van der Waals surface area contributed by atoms with Crippen molar-refractivity contribution < 1.29 is 19.4 Å². The fourth-order valence-electron chi connectivity index (χ4n) is 4.89. The van der Waals surface area contributed by atoms with Crippen LogP contribution in [0.4, 0.5) is 0 Å². The van der Waals surface area contributed by atoms with E-state index in [-0.39, 0.29) is 5.56 Å². The number of methoxy groups -OCH3 is 1. The van der Waals surface area contributed by atoms with Gasteiger partial charge in [0.25, 0.3) is 0 Å². The summed E-state index contributed by atoms with van der Waals surface area (Å²) in [6.45, 7) is 0. The Morgan fingerprint density at radius 3 is 1.56 bits per heavy atom. The van der Waals surface area contributed by atoms with Crippen LogP contribution in [0.25, 0.3) is 11.1 Å². The average molecular weight is 578 g/mol. The van der Waals surface area contributed by atoms with E-state index >= 15 is 0 Å². The number of carboxylic acid groups (broad SMARTS) is 1. The molecule has 1 aliphatic rings. The number of rotatable bonds is 4. The van der Waals surface area contributed by atoms with Crippen LogP contribution >= 0.6 is 31.9 Å². The van der Waals surface area contributed by atoms with Crippen molar-refractivity contribution in [2.24, 2.45) is 0 Å². The van der Waals surface area contributed by atoms with Gasteiger partial charge in [-0.1, -0.05) is 68.3 Å². The van der Waals surface area contributed by atoms with Crippen molar-refractivity contribution in [3.8, 4) is 11.1 Å². The second kappa shape index (κ2) is 8.53. The van der Waals surface area contributed by atoms with Gasteiger partial charge in [0.2, 0.25) is 0 Å². The lowest BCUT2D eigenvalue weighted by Crippen LogP contribution is -2.29. The molecule has 1 N–H and O–H groups in total. The van der Waals surface area contributed by atoms with Gasteiger partial charge in [-0.15, -0.1) is 0 Å². The van der Waals surface area contributed by atoms with Gasteiger partial charge in [-0.2, -0.15) is 0 Å². The van der Waals surface area contributed by atoms with Crippen LogP contribution in [0, 0.1) is 0 Å². The highest BCUT2D eigenvalue weighted by Crippen LogP contribution is 2.57. The maximum Gasteiger partial charge on any atom is 0.337 e. The first-order chi connectivity index (χ1) is 16.4. The zero-order valence-corrected chi connectivity index (χ0v) is 21.2. The quantitative estimate of drug-likeness (QED) is 0.232. The molecule has 4 aromatic carbocycles. The van der Waals surface area contributed by atoms with Crippen molar-refractivity contribution in [1.29, 1.82) is 0 Å². The first kappa shape index (κ1) is 22.6. The summed E-state index contributed by atoms with van der Waals surface area (Å²) in [5.41, 5.74) is 6.21. The molecule has 0 bridgehead atoms. The van der Waals surface area contributed by atoms with Gasteiger partial charge in [-0.3, -0.25) is 0 Å². The molecule has 0 saturated carbocycles. The van der Waals surface area contributed by atoms with Crippen LogP contribution in [-0.4, -0.2) is 24.2 Å². The zero-order chi connectivity index (χ0) is 24.0. The van der Waals surface area contributed by atoms with Crippen molar-refractivity contribution in [2.75, 3.05) is 7.11 Å². The number of fused-ring (bicyclic) bond motifs is 3. The van der Waals surface area contributed by atoms with Crippen molar-refractivity contribution in [3.05, 3.63) is 127 Å². The van der Waals surface area contributed by atoms with E-state index in [4.69, 9.17) is 4.74 Å². The highest BCUT2D eigenvalue weighted by atomic mass is 79.9. The molecule has 5 rings (SSSR count). The minimum absolute atomic E-state index is 0.224.